The van der Waals surface area contributed by atoms with E-state index in [1.807, 2.05) is 13.8 Å². The van der Waals surface area contributed by atoms with E-state index in [1.54, 1.807) is 6.92 Å². The molecule has 1 rings (SSSR count). The number of hydrogen-bond donors (Lipinski definition) is 0. The standard InChI is InChI=1S/C14H24O4/c1-10(2)11(3)14(16)17-9-13(15)18-12-7-5-4-6-8-12/h10-12H,4-9H2,1-3H3. The van der Waals surface area contributed by atoms with Crippen LogP contribution in [-0.4, -0.2) is 24.6 Å². The molecule has 4 nitrogen and oxygen atoms in total. The van der Waals surface area contributed by atoms with Crippen molar-refractivity contribution in [1.29, 1.82) is 0 Å². The van der Waals surface area contributed by atoms with Gasteiger partial charge >= 0.3 is 11.9 Å². The topological polar surface area (TPSA) is 52.6 Å². The Kier molecular flexibility index (Phi) is 6.16. The van der Waals surface area contributed by atoms with Gasteiger partial charge in [-0.25, -0.2) is 4.79 Å². The van der Waals surface area contributed by atoms with Crippen molar-refractivity contribution in [2.24, 2.45) is 11.8 Å². The van der Waals surface area contributed by atoms with E-state index in [0.717, 1.165) is 25.7 Å². The highest BCUT2D eigenvalue weighted by molar-refractivity contribution is 5.77. The maximum atomic E-state index is 11.6. The van der Waals surface area contributed by atoms with Crippen LogP contribution in [-0.2, 0) is 19.1 Å². The lowest BCUT2D eigenvalue weighted by molar-refractivity contribution is -0.165. The van der Waals surface area contributed by atoms with Crippen molar-refractivity contribution in [3.8, 4) is 0 Å². The lowest BCUT2D eigenvalue weighted by Gasteiger charge is -2.22. The fourth-order valence-electron chi connectivity index (χ4n) is 1.94. The van der Waals surface area contributed by atoms with Crippen LogP contribution in [0.5, 0.6) is 0 Å². The molecule has 18 heavy (non-hydrogen) atoms. The molecule has 1 aliphatic carbocycles. The first-order valence-corrected chi connectivity index (χ1v) is 6.86. The number of hydrogen-bond acceptors (Lipinski definition) is 4. The third kappa shape index (κ3) is 5.07. The minimum Gasteiger partial charge on any atom is -0.460 e. The Labute approximate surface area is 109 Å². The molecule has 0 saturated heterocycles. The van der Waals surface area contributed by atoms with Gasteiger partial charge in [0.05, 0.1) is 5.92 Å². The van der Waals surface area contributed by atoms with Gasteiger partial charge in [-0.15, -0.1) is 0 Å². The predicted molar refractivity (Wildman–Crippen MR) is 67.9 cm³/mol. The molecule has 0 aliphatic heterocycles. The van der Waals surface area contributed by atoms with Crippen LogP contribution < -0.4 is 0 Å². The fraction of sp³-hybridized carbons (Fsp3) is 0.857. The summed E-state index contributed by atoms with van der Waals surface area (Å²) in [6, 6.07) is 0. The molecule has 4 heteroatoms. The highest BCUT2D eigenvalue weighted by Gasteiger charge is 2.21. The third-order valence-corrected chi connectivity index (χ3v) is 3.55. The van der Waals surface area contributed by atoms with Gasteiger partial charge in [0.1, 0.15) is 6.10 Å². The highest BCUT2D eigenvalue weighted by atomic mass is 16.6. The van der Waals surface area contributed by atoms with E-state index >= 15 is 0 Å². The lowest BCUT2D eigenvalue weighted by Crippen LogP contribution is -2.27. The summed E-state index contributed by atoms with van der Waals surface area (Å²) in [7, 11) is 0. The Morgan fingerprint density at radius 2 is 1.72 bits per heavy atom. The molecular weight excluding hydrogens is 232 g/mol. The Balaban J connectivity index is 2.22. The Morgan fingerprint density at radius 3 is 2.28 bits per heavy atom. The van der Waals surface area contributed by atoms with Crippen molar-refractivity contribution in [1.82, 2.24) is 0 Å². The number of carbonyl (C=O) groups is 2. The smallest absolute Gasteiger partial charge is 0.344 e. The molecule has 0 aromatic rings. The number of esters is 2. The maximum absolute atomic E-state index is 11.6. The van der Waals surface area contributed by atoms with Gasteiger partial charge in [-0.2, -0.15) is 0 Å². The van der Waals surface area contributed by atoms with Crippen molar-refractivity contribution >= 4 is 11.9 Å². The number of carbonyl (C=O) groups excluding carboxylic acids is 2. The zero-order valence-electron chi connectivity index (χ0n) is 11.6. The molecule has 0 N–H and O–H groups in total. The quantitative estimate of drug-likeness (QED) is 0.710. The first-order chi connectivity index (χ1) is 8.50. The first kappa shape index (κ1) is 15.0. The van der Waals surface area contributed by atoms with E-state index in [-0.39, 0.29) is 30.5 Å². The second-order valence-corrected chi connectivity index (χ2v) is 5.39. The number of rotatable bonds is 5. The molecule has 104 valence electrons. The van der Waals surface area contributed by atoms with Gasteiger partial charge in [0.15, 0.2) is 6.61 Å². The van der Waals surface area contributed by atoms with E-state index < -0.39 is 5.97 Å². The molecule has 0 aromatic heterocycles. The molecular formula is C14H24O4. The van der Waals surface area contributed by atoms with Crippen LogP contribution in [0.1, 0.15) is 52.9 Å². The highest BCUT2D eigenvalue weighted by Crippen LogP contribution is 2.20. The van der Waals surface area contributed by atoms with E-state index in [9.17, 15) is 9.59 Å². The SMILES string of the molecule is CC(C)C(C)C(=O)OCC(=O)OC1CCCCC1. The van der Waals surface area contributed by atoms with Gasteiger partial charge in [-0.1, -0.05) is 27.2 Å². The molecule has 1 unspecified atom stereocenters. The molecule has 1 atom stereocenters. The summed E-state index contributed by atoms with van der Waals surface area (Å²) in [5, 5.41) is 0. The van der Waals surface area contributed by atoms with Crippen molar-refractivity contribution in [3.05, 3.63) is 0 Å². The van der Waals surface area contributed by atoms with Crippen LogP contribution in [0.15, 0.2) is 0 Å². The van der Waals surface area contributed by atoms with Crippen LogP contribution >= 0.6 is 0 Å². The van der Waals surface area contributed by atoms with E-state index in [2.05, 4.69) is 0 Å². The molecule has 0 aromatic carbocycles. The summed E-state index contributed by atoms with van der Waals surface area (Å²) < 4.78 is 10.2. The average Bonchev–Trinajstić information content (AvgIpc) is 2.36. The molecule has 1 aliphatic rings. The van der Waals surface area contributed by atoms with Gasteiger partial charge in [0, 0.05) is 0 Å². The summed E-state index contributed by atoms with van der Waals surface area (Å²) in [6.07, 6.45) is 5.33. The molecule has 0 amide bonds. The van der Waals surface area contributed by atoms with Gasteiger partial charge in [0.2, 0.25) is 0 Å². The van der Waals surface area contributed by atoms with Gasteiger partial charge in [-0.05, 0) is 31.6 Å². The number of ether oxygens (including phenoxy) is 2. The Bertz CT molecular complexity index is 280. The minimum absolute atomic E-state index is 0.0208. The maximum Gasteiger partial charge on any atom is 0.344 e. The second kappa shape index (κ2) is 7.39. The lowest BCUT2D eigenvalue weighted by atomic mass is 9.98. The zero-order chi connectivity index (χ0) is 13.5. The van der Waals surface area contributed by atoms with Crippen molar-refractivity contribution in [2.75, 3.05) is 6.61 Å². The third-order valence-electron chi connectivity index (χ3n) is 3.55. The Hall–Kier alpha value is -1.06. The van der Waals surface area contributed by atoms with E-state index in [1.165, 1.54) is 6.42 Å². The van der Waals surface area contributed by atoms with Crippen LogP contribution in [0.4, 0.5) is 0 Å². The van der Waals surface area contributed by atoms with Crippen LogP contribution in [0.3, 0.4) is 0 Å². The zero-order valence-corrected chi connectivity index (χ0v) is 11.6. The summed E-state index contributed by atoms with van der Waals surface area (Å²) in [4.78, 5) is 23.1. The van der Waals surface area contributed by atoms with E-state index in [0.29, 0.717) is 0 Å². The van der Waals surface area contributed by atoms with Crippen LogP contribution in [0, 0.1) is 11.8 Å². The summed E-state index contributed by atoms with van der Waals surface area (Å²) in [5.41, 5.74) is 0. The second-order valence-electron chi connectivity index (χ2n) is 5.39. The van der Waals surface area contributed by atoms with Gasteiger partial charge < -0.3 is 9.47 Å². The molecule has 0 radical (unpaired) electrons. The van der Waals surface area contributed by atoms with Crippen molar-refractivity contribution < 1.29 is 19.1 Å². The van der Waals surface area contributed by atoms with Crippen LogP contribution in [0.25, 0.3) is 0 Å². The van der Waals surface area contributed by atoms with Gasteiger partial charge in [0.25, 0.3) is 0 Å². The fourth-order valence-corrected chi connectivity index (χ4v) is 1.94. The predicted octanol–water partition coefficient (Wildman–Crippen LogP) is 2.70. The monoisotopic (exact) mass is 256 g/mol. The Morgan fingerprint density at radius 1 is 1.11 bits per heavy atom. The molecule has 0 spiro atoms. The largest absolute Gasteiger partial charge is 0.460 e. The van der Waals surface area contributed by atoms with Crippen molar-refractivity contribution in [2.45, 2.75) is 59.0 Å². The van der Waals surface area contributed by atoms with E-state index in [4.69, 9.17) is 9.47 Å². The normalized spacial score (nSPS) is 18.4. The summed E-state index contributed by atoms with van der Waals surface area (Å²) in [5.74, 6) is -0.726. The van der Waals surface area contributed by atoms with Crippen molar-refractivity contribution in [3.63, 3.8) is 0 Å². The molecule has 1 saturated carbocycles. The minimum atomic E-state index is -0.425. The molecule has 0 heterocycles. The van der Waals surface area contributed by atoms with Gasteiger partial charge in [-0.3, -0.25) is 4.79 Å². The summed E-state index contributed by atoms with van der Waals surface area (Å²) in [6.45, 7) is 5.45. The molecule has 1 fully saturated rings. The summed E-state index contributed by atoms with van der Waals surface area (Å²) >= 11 is 0. The molecule has 0 bridgehead atoms. The van der Waals surface area contributed by atoms with Crippen LogP contribution in [0.2, 0.25) is 0 Å². The average molecular weight is 256 g/mol. The first-order valence-electron chi connectivity index (χ1n) is 6.86.